The average Bonchev–Trinajstić information content (AvgIpc) is 3.07. The monoisotopic (exact) mass is 422 g/mol. The lowest BCUT2D eigenvalue weighted by atomic mass is 9.99. The van der Waals surface area contributed by atoms with Crippen LogP contribution in [0.3, 0.4) is 0 Å². The van der Waals surface area contributed by atoms with Crippen molar-refractivity contribution < 1.29 is 19.3 Å². The van der Waals surface area contributed by atoms with Crippen LogP contribution in [0.15, 0.2) is 84.9 Å². The molecule has 2 amide bonds. The van der Waals surface area contributed by atoms with E-state index in [9.17, 15) is 24.5 Å². The molecule has 32 heavy (non-hydrogen) atoms. The number of hydrogen-bond donors (Lipinski definition) is 0. The van der Waals surface area contributed by atoms with E-state index in [-0.39, 0.29) is 27.9 Å². The summed E-state index contributed by atoms with van der Waals surface area (Å²) >= 11 is 0. The molecular formula is C25H14N2O5. The lowest BCUT2D eigenvalue weighted by Crippen LogP contribution is -2.29. The molecule has 4 aromatic carbocycles. The maximum atomic E-state index is 13.1. The second-order valence-corrected chi connectivity index (χ2v) is 7.37. The molecule has 0 saturated heterocycles. The lowest BCUT2D eigenvalue weighted by Gasteiger charge is -2.14. The number of benzene rings is 4. The van der Waals surface area contributed by atoms with Crippen LogP contribution >= 0.6 is 0 Å². The van der Waals surface area contributed by atoms with Crippen LogP contribution in [0, 0.1) is 10.1 Å². The minimum Gasteiger partial charge on any atom is -0.289 e. The minimum absolute atomic E-state index is 0.124. The standard InChI is InChI=1S/C25H14N2O5/c28-23(17-6-3-7-20(13-17)27(31)32)18-9-11-21-22(14-18)25(30)26(24(21)29)19-10-8-15-4-1-2-5-16(15)12-19/h1-14H. The van der Waals surface area contributed by atoms with E-state index in [4.69, 9.17) is 0 Å². The first-order valence-corrected chi connectivity index (χ1v) is 9.75. The molecule has 0 N–H and O–H groups in total. The van der Waals surface area contributed by atoms with E-state index in [1.807, 2.05) is 30.3 Å². The summed E-state index contributed by atoms with van der Waals surface area (Å²) in [4.78, 5) is 50.5. The van der Waals surface area contributed by atoms with E-state index in [1.165, 1.54) is 42.5 Å². The van der Waals surface area contributed by atoms with Gasteiger partial charge in [0, 0.05) is 23.3 Å². The van der Waals surface area contributed by atoms with Crippen molar-refractivity contribution in [2.24, 2.45) is 0 Å². The molecule has 0 aliphatic carbocycles. The summed E-state index contributed by atoms with van der Waals surface area (Å²) in [6, 6.07) is 22.6. The van der Waals surface area contributed by atoms with E-state index in [2.05, 4.69) is 0 Å². The molecule has 0 atom stereocenters. The predicted octanol–water partition coefficient (Wildman–Crippen LogP) is 4.78. The Morgan fingerprint density at radius 1 is 0.719 bits per heavy atom. The van der Waals surface area contributed by atoms with Crippen LogP contribution in [0.2, 0.25) is 0 Å². The highest BCUT2D eigenvalue weighted by Crippen LogP contribution is 2.31. The Bertz CT molecular complexity index is 1470. The first-order chi connectivity index (χ1) is 15.4. The Labute approximate surface area is 181 Å². The van der Waals surface area contributed by atoms with Gasteiger partial charge < -0.3 is 0 Å². The molecule has 5 rings (SSSR count). The molecule has 154 valence electrons. The zero-order chi connectivity index (χ0) is 22.4. The van der Waals surface area contributed by atoms with Gasteiger partial charge in [-0.1, -0.05) is 48.5 Å². The minimum atomic E-state index is -0.580. The van der Waals surface area contributed by atoms with Gasteiger partial charge >= 0.3 is 0 Å². The molecule has 7 heteroatoms. The molecule has 0 radical (unpaired) electrons. The van der Waals surface area contributed by atoms with Crippen LogP contribution in [-0.2, 0) is 0 Å². The molecule has 0 unspecified atom stereocenters. The number of ketones is 1. The number of anilines is 1. The van der Waals surface area contributed by atoms with Gasteiger partial charge in [0.2, 0.25) is 0 Å². The number of nitrogens with zero attached hydrogens (tertiary/aromatic N) is 2. The summed E-state index contributed by atoms with van der Waals surface area (Å²) in [6.07, 6.45) is 0. The van der Waals surface area contributed by atoms with Crippen LogP contribution in [0.5, 0.6) is 0 Å². The SMILES string of the molecule is O=C(c1cccc([N+](=O)[O-])c1)c1ccc2c(c1)C(=O)N(c1ccc3ccccc3c1)C2=O. The Hall–Kier alpha value is -4.65. The zero-order valence-electron chi connectivity index (χ0n) is 16.5. The third-order valence-electron chi connectivity index (χ3n) is 5.46. The summed E-state index contributed by atoms with van der Waals surface area (Å²) in [5, 5.41) is 12.9. The fraction of sp³-hybridized carbons (Fsp3) is 0. The van der Waals surface area contributed by atoms with Gasteiger partial charge in [0.1, 0.15) is 0 Å². The smallest absolute Gasteiger partial charge is 0.270 e. The molecule has 0 aromatic heterocycles. The summed E-state index contributed by atoms with van der Waals surface area (Å²) in [7, 11) is 0. The highest BCUT2D eigenvalue weighted by molar-refractivity contribution is 6.35. The summed E-state index contributed by atoms with van der Waals surface area (Å²) in [5.74, 6) is -1.45. The van der Waals surface area contributed by atoms with Crippen LogP contribution in [0.1, 0.15) is 36.6 Å². The Morgan fingerprint density at radius 3 is 2.22 bits per heavy atom. The van der Waals surface area contributed by atoms with Gasteiger partial charge in [-0.2, -0.15) is 0 Å². The molecule has 1 aliphatic heterocycles. The van der Waals surface area contributed by atoms with Gasteiger partial charge in [0.25, 0.3) is 17.5 Å². The average molecular weight is 422 g/mol. The number of imide groups is 1. The molecule has 0 fully saturated rings. The highest BCUT2D eigenvalue weighted by Gasteiger charge is 2.37. The second kappa shape index (κ2) is 7.24. The Kier molecular flexibility index (Phi) is 4.37. The first kappa shape index (κ1) is 19.3. The fourth-order valence-corrected chi connectivity index (χ4v) is 3.86. The van der Waals surface area contributed by atoms with E-state index in [0.29, 0.717) is 5.69 Å². The fourth-order valence-electron chi connectivity index (χ4n) is 3.86. The number of nitro groups is 1. The van der Waals surface area contributed by atoms with Crippen LogP contribution in [-0.4, -0.2) is 22.5 Å². The highest BCUT2D eigenvalue weighted by atomic mass is 16.6. The van der Waals surface area contributed by atoms with E-state index in [0.717, 1.165) is 15.7 Å². The van der Waals surface area contributed by atoms with Crippen molar-refractivity contribution in [1.29, 1.82) is 0 Å². The van der Waals surface area contributed by atoms with Gasteiger partial charge in [-0.05, 0) is 35.0 Å². The molecule has 1 aliphatic rings. The van der Waals surface area contributed by atoms with Crippen molar-refractivity contribution in [3.05, 3.63) is 117 Å². The summed E-state index contributed by atoms with van der Waals surface area (Å²) in [6.45, 7) is 0. The molecule has 0 saturated carbocycles. The molecular weight excluding hydrogens is 408 g/mol. The van der Waals surface area contributed by atoms with Gasteiger partial charge in [0.05, 0.1) is 21.7 Å². The number of carbonyl (C=O) groups is 3. The van der Waals surface area contributed by atoms with E-state index in [1.54, 1.807) is 12.1 Å². The van der Waals surface area contributed by atoms with Gasteiger partial charge in [-0.15, -0.1) is 0 Å². The number of hydrogen-bond acceptors (Lipinski definition) is 5. The van der Waals surface area contributed by atoms with Gasteiger partial charge in [-0.25, -0.2) is 4.90 Å². The third kappa shape index (κ3) is 3.04. The Morgan fingerprint density at radius 2 is 1.44 bits per heavy atom. The summed E-state index contributed by atoms with van der Waals surface area (Å²) in [5.41, 5.74) is 0.874. The first-order valence-electron chi connectivity index (χ1n) is 9.75. The number of non-ortho nitro benzene ring substituents is 1. The number of carbonyl (C=O) groups excluding carboxylic acids is 3. The zero-order valence-corrected chi connectivity index (χ0v) is 16.5. The van der Waals surface area contributed by atoms with Crippen molar-refractivity contribution in [2.75, 3.05) is 4.90 Å². The normalized spacial score (nSPS) is 12.8. The van der Waals surface area contributed by atoms with Crippen molar-refractivity contribution in [3.8, 4) is 0 Å². The van der Waals surface area contributed by atoms with Crippen LogP contribution in [0.25, 0.3) is 10.8 Å². The topological polar surface area (TPSA) is 97.6 Å². The summed E-state index contributed by atoms with van der Waals surface area (Å²) < 4.78 is 0. The quantitative estimate of drug-likeness (QED) is 0.204. The van der Waals surface area contributed by atoms with E-state index < -0.39 is 22.5 Å². The largest absolute Gasteiger partial charge is 0.289 e. The van der Waals surface area contributed by atoms with Gasteiger partial charge in [-0.3, -0.25) is 24.5 Å². The van der Waals surface area contributed by atoms with E-state index >= 15 is 0 Å². The van der Waals surface area contributed by atoms with Crippen molar-refractivity contribution >= 4 is 39.7 Å². The van der Waals surface area contributed by atoms with Crippen LogP contribution in [0.4, 0.5) is 11.4 Å². The Balaban J connectivity index is 1.52. The predicted molar refractivity (Wildman–Crippen MR) is 118 cm³/mol. The second-order valence-electron chi connectivity index (χ2n) is 7.37. The lowest BCUT2D eigenvalue weighted by molar-refractivity contribution is -0.384. The maximum absolute atomic E-state index is 13.1. The number of amides is 2. The molecule has 0 bridgehead atoms. The third-order valence-corrected chi connectivity index (χ3v) is 5.46. The number of nitro benzene ring substituents is 1. The number of fused-ring (bicyclic) bond motifs is 2. The van der Waals surface area contributed by atoms with Crippen LogP contribution < -0.4 is 4.90 Å². The van der Waals surface area contributed by atoms with Crippen molar-refractivity contribution in [3.63, 3.8) is 0 Å². The van der Waals surface area contributed by atoms with Crippen molar-refractivity contribution in [1.82, 2.24) is 0 Å². The van der Waals surface area contributed by atoms with Crippen molar-refractivity contribution in [2.45, 2.75) is 0 Å². The number of rotatable bonds is 4. The molecule has 7 nitrogen and oxygen atoms in total. The maximum Gasteiger partial charge on any atom is 0.270 e. The molecule has 1 heterocycles. The molecule has 0 spiro atoms. The van der Waals surface area contributed by atoms with Gasteiger partial charge in [0.15, 0.2) is 5.78 Å². The molecule has 4 aromatic rings.